The zero-order valence-electron chi connectivity index (χ0n) is 11.1. The first-order chi connectivity index (χ1) is 10.4. The Labute approximate surface area is 136 Å². The van der Waals surface area contributed by atoms with E-state index in [0.717, 1.165) is 0 Å². The molecule has 22 heavy (non-hydrogen) atoms. The van der Waals surface area contributed by atoms with E-state index < -0.39 is 9.84 Å². The topological polar surface area (TPSA) is 72.8 Å². The molecule has 5 nitrogen and oxygen atoms in total. The molecule has 0 fully saturated rings. The Balaban J connectivity index is 1.97. The Bertz CT molecular complexity index is 944. The van der Waals surface area contributed by atoms with E-state index in [1.54, 1.807) is 42.5 Å². The molecule has 1 aromatic heterocycles. The van der Waals surface area contributed by atoms with Gasteiger partial charge in [0.05, 0.1) is 11.3 Å². The second-order valence-corrected chi connectivity index (χ2v) is 7.37. The van der Waals surface area contributed by atoms with Crippen molar-refractivity contribution in [1.29, 1.82) is 0 Å². The van der Waals surface area contributed by atoms with Crippen LogP contribution in [0.4, 0.5) is 0 Å². The molecule has 3 rings (SSSR count). The molecule has 0 unspecified atom stereocenters. The minimum atomic E-state index is -3.69. The fraction of sp³-hybridized carbons (Fsp3) is 0.0714. The standard InChI is InChI=1S/C14H9Cl2N3O2S/c15-10-3-1-9(2-4-10)8-22(20,21)14-17-12-6-5-11(16)7-13(12)18-19-14/h1-7H,8H2. The van der Waals surface area contributed by atoms with Gasteiger partial charge in [-0.2, -0.15) is 0 Å². The summed E-state index contributed by atoms with van der Waals surface area (Å²) in [6.07, 6.45) is 0. The van der Waals surface area contributed by atoms with Gasteiger partial charge in [-0.3, -0.25) is 0 Å². The summed E-state index contributed by atoms with van der Waals surface area (Å²) in [5, 5.41) is 8.29. The Morgan fingerprint density at radius 3 is 2.27 bits per heavy atom. The first-order valence-electron chi connectivity index (χ1n) is 6.21. The number of fused-ring (bicyclic) bond motifs is 1. The maximum Gasteiger partial charge on any atom is 0.268 e. The van der Waals surface area contributed by atoms with Gasteiger partial charge in [-0.1, -0.05) is 35.3 Å². The third kappa shape index (κ3) is 3.19. The average molecular weight is 354 g/mol. The summed E-state index contributed by atoms with van der Waals surface area (Å²) in [5.74, 6) is -0.217. The van der Waals surface area contributed by atoms with Crippen LogP contribution < -0.4 is 0 Å². The van der Waals surface area contributed by atoms with E-state index in [9.17, 15) is 8.42 Å². The van der Waals surface area contributed by atoms with Crippen LogP contribution in [0.5, 0.6) is 0 Å². The van der Waals surface area contributed by atoms with Crippen LogP contribution in [0.3, 0.4) is 0 Å². The minimum Gasteiger partial charge on any atom is -0.220 e. The highest BCUT2D eigenvalue weighted by atomic mass is 35.5. The molecular formula is C14H9Cl2N3O2S. The van der Waals surface area contributed by atoms with Gasteiger partial charge in [-0.15, -0.1) is 10.2 Å². The van der Waals surface area contributed by atoms with E-state index in [1.807, 2.05) is 0 Å². The Morgan fingerprint density at radius 2 is 1.55 bits per heavy atom. The van der Waals surface area contributed by atoms with Crippen LogP contribution in [0.25, 0.3) is 11.0 Å². The average Bonchev–Trinajstić information content (AvgIpc) is 2.49. The monoisotopic (exact) mass is 353 g/mol. The quantitative estimate of drug-likeness (QED) is 0.722. The summed E-state index contributed by atoms with van der Waals surface area (Å²) in [7, 11) is -3.69. The lowest BCUT2D eigenvalue weighted by atomic mass is 10.2. The first-order valence-corrected chi connectivity index (χ1v) is 8.62. The molecule has 0 radical (unpaired) electrons. The van der Waals surface area contributed by atoms with Gasteiger partial charge < -0.3 is 0 Å². The van der Waals surface area contributed by atoms with E-state index >= 15 is 0 Å². The number of sulfone groups is 1. The fourth-order valence-corrected chi connectivity index (χ4v) is 3.34. The molecule has 8 heteroatoms. The summed E-state index contributed by atoms with van der Waals surface area (Å²) in [5.41, 5.74) is 1.47. The lowest BCUT2D eigenvalue weighted by Crippen LogP contribution is -2.10. The largest absolute Gasteiger partial charge is 0.268 e. The van der Waals surface area contributed by atoms with Crippen LogP contribution in [0, 0.1) is 0 Å². The Hall–Kier alpha value is -1.76. The van der Waals surface area contributed by atoms with Gasteiger partial charge in [0.2, 0.25) is 9.84 Å². The van der Waals surface area contributed by atoms with Gasteiger partial charge in [-0.25, -0.2) is 13.4 Å². The van der Waals surface area contributed by atoms with Crippen molar-refractivity contribution >= 4 is 44.1 Å². The van der Waals surface area contributed by atoms with Crippen molar-refractivity contribution in [3.63, 3.8) is 0 Å². The van der Waals surface area contributed by atoms with Gasteiger partial charge in [0.25, 0.3) is 5.16 Å². The molecule has 1 heterocycles. The molecule has 112 valence electrons. The molecule has 0 amide bonds. The summed E-state index contributed by atoms with van der Waals surface area (Å²) in [4.78, 5) is 4.06. The van der Waals surface area contributed by atoms with Crippen LogP contribution in [-0.4, -0.2) is 23.6 Å². The third-order valence-corrected chi connectivity index (χ3v) is 4.87. The van der Waals surface area contributed by atoms with Crippen LogP contribution >= 0.6 is 23.2 Å². The number of nitrogens with zero attached hydrogens (tertiary/aromatic N) is 3. The summed E-state index contributed by atoms with van der Waals surface area (Å²) >= 11 is 11.6. The van der Waals surface area contributed by atoms with E-state index in [2.05, 4.69) is 15.2 Å². The second-order valence-electron chi connectivity index (χ2n) is 4.61. The number of hydrogen-bond donors (Lipinski definition) is 0. The van der Waals surface area contributed by atoms with E-state index in [4.69, 9.17) is 23.2 Å². The van der Waals surface area contributed by atoms with Crippen LogP contribution in [0.15, 0.2) is 47.6 Å². The molecule has 0 N–H and O–H groups in total. The normalized spacial score (nSPS) is 11.7. The van der Waals surface area contributed by atoms with Gasteiger partial charge >= 0.3 is 0 Å². The lowest BCUT2D eigenvalue weighted by Gasteiger charge is -2.04. The molecule has 0 saturated heterocycles. The fourth-order valence-electron chi connectivity index (χ4n) is 1.89. The van der Waals surface area contributed by atoms with Crippen molar-refractivity contribution in [3.8, 4) is 0 Å². The number of aromatic nitrogens is 3. The lowest BCUT2D eigenvalue weighted by molar-refractivity contribution is 0.584. The zero-order chi connectivity index (χ0) is 15.7. The van der Waals surface area contributed by atoms with Crippen molar-refractivity contribution in [1.82, 2.24) is 15.2 Å². The van der Waals surface area contributed by atoms with Gasteiger partial charge in [-0.05, 0) is 35.9 Å². The first kappa shape index (κ1) is 15.1. The van der Waals surface area contributed by atoms with Gasteiger partial charge in [0, 0.05) is 10.0 Å². The van der Waals surface area contributed by atoms with E-state index in [0.29, 0.717) is 26.6 Å². The highest BCUT2D eigenvalue weighted by Crippen LogP contribution is 2.19. The van der Waals surface area contributed by atoms with Crippen molar-refractivity contribution in [2.75, 3.05) is 0 Å². The molecular weight excluding hydrogens is 345 g/mol. The van der Waals surface area contributed by atoms with Crippen molar-refractivity contribution in [2.45, 2.75) is 10.9 Å². The van der Waals surface area contributed by atoms with Crippen molar-refractivity contribution < 1.29 is 8.42 Å². The predicted octanol–water partition coefficient (Wildman–Crippen LogP) is 3.31. The third-order valence-electron chi connectivity index (χ3n) is 2.94. The van der Waals surface area contributed by atoms with Crippen molar-refractivity contribution in [2.24, 2.45) is 0 Å². The highest BCUT2D eigenvalue weighted by molar-refractivity contribution is 7.90. The van der Waals surface area contributed by atoms with Crippen LogP contribution in [0.2, 0.25) is 10.0 Å². The molecule has 0 spiro atoms. The SMILES string of the molecule is O=S(=O)(Cc1ccc(Cl)cc1)c1nnc2cc(Cl)ccc2n1. The molecule has 2 aromatic carbocycles. The number of rotatable bonds is 3. The predicted molar refractivity (Wildman–Crippen MR) is 84.7 cm³/mol. The van der Waals surface area contributed by atoms with Gasteiger partial charge in [0.1, 0.15) is 5.52 Å². The Morgan fingerprint density at radius 1 is 0.864 bits per heavy atom. The molecule has 0 aliphatic carbocycles. The maximum absolute atomic E-state index is 12.4. The molecule has 0 atom stereocenters. The zero-order valence-corrected chi connectivity index (χ0v) is 13.4. The number of benzene rings is 2. The maximum atomic E-state index is 12.4. The molecule has 0 saturated carbocycles. The van der Waals surface area contributed by atoms with E-state index in [-0.39, 0.29) is 10.9 Å². The minimum absolute atomic E-state index is 0.217. The molecule has 0 aliphatic rings. The van der Waals surface area contributed by atoms with Gasteiger partial charge in [0.15, 0.2) is 0 Å². The molecule has 3 aromatic rings. The summed E-state index contributed by atoms with van der Waals surface area (Å²) in [6.45, 7) is 0. The smallest absolute Gasteiger partial charge is 0.220 e. The summed E-state index contributed by atoms with van der Waals surface area (Å²) < 4.78 is 24.7. The second kappa shape index (κ2) is 5.79. The summed E-state index contributed by atoms with van der Waals surface area (Å²) in [6, 6.07) is 11.4. The Kier molecular flexibility index (Phi) is 3.99. The van der Waals surface area contributed by atoms with Crippen molar-refractivity contribution in [3.05, 3.63) is 58.1 Å². The van der Waals surface area contributed by atoms with E-state index in [1.165, 1.54) is 0 Å². The number of halogens is 2. The number of hydrogen-bond acceptors (Lipinski definition) is 5. The van der Waals surface area contributed by atoms with Crippen LogP contribution in [-0.2, 0) is 15.6 Å². The van der Waals surface area contributed by atoms with Crippen LogP contribution in [0.1, 0.15) is 5.56 Å². The highest BCUT2D eigenvalue weighted by Gasteiger charge is 2.20. The molecule has 0 aliphatic heterocycles. The molecule has 0 bridgehead atoms.